The van der Waals surface area contributed by atoms with Gasteiger partial charge in [0.1, 0.15) is 0 Å². The maximum Gasteiger partial charge on any atom is 0.494 e. The Hall–Kier alpha value is -3.14. The van der Waals surface area contributed by atoms with Crippen LogP contribution >= 0.6 is 0 Å². The molecule has 2 aliphatic heterocycles. The van der Waals surface area contributed by atoms with E-state index in [9.17, 15) is 62.3 Å². The molecule has 0 amide bonds. The number of esters is 1. The fourth-order valence-corrected chi connectivity index (χ4v) is 4.32. The number of hydrogen-bond acceptors (Lipinski definition) is 10. The second-order valence-electron chi connectivity index (χ2n) is 9.25. The number of ether oxygens (including phenoxy) is 2. The van der Waals surface area contributed by atoms with E-state index in [1.165, 1.54) is 4.90 Å². The summed E-state index contributed by atoms with van der Waals surface area (Å²) in [5.41, 5.74) is -8.83. The van der Waals surface area contributed by atoms with Gasteiger partial charge in [0.2, 0.25) is 11.8 Å². The van der Waals surface area contributed by atoms with Crippen molar-refractivity contribution >= 4 is 17.9 Å². The van der Waals surface area contributed by atoms with Gasteiger partial charge in [0.15, 0.2) is 0 Å². The van der Waals surface area contributed by atoms with Crippen molar-refractivity contribution in [2.45, 2.75) is 55.6 Å². The molecule has 0 saturated carbocycles. The van der Waals surface area contributed by atoms with Gasteiger partial charge in [-0.3, -0.25) is 4.89 Å². The Bertz CT molecular complexity index is 1140. The van der Waals surface area contributed by atoms with Crippen LogP contribution in [0, 0.1) is 5.92 Å². The molecule has 2 saturated heterocycles. The molecule has 0 bridgehead atoms. The molecule has 244 valence electrons. The quantitative estimate of drug-likeness (QED) is 0.202. The number of nitrogens with one attached hydrogen (secondary N) is 1. The number of nitrogens with zero attached hydrogens (tertiary/aromatic N) is 3. The Morgan fingerprint density at radius 2 is 1.51 bits per heavy atom. The Morgan fingerprint density at radius 3 is 2.05 bits per heavy atom. The van der Waals surface area contributed by atoms with Crippen molar-refractivity contribution in [3.63, 3.8) is 0 Å². The highest BCUT2D eigenvalue weighted by molar-refractivity contribution is 5.78. The first-order chi connectivity index (χ1) is 19.7. The first-order valence-electron chi connectivity index (χ1n) is 12.0. The van der Waals surface area contributed by atoms with Crippen LogP contribution in [0.5, 0.6) is 5.88 Å². The van der Waals surface area contributed by atoms with Crippen LogP contribution in [0.2, 0.25) is 0 Å². The van der Waals surface area contributed by atoms with Crippen molar-refractivity contribution in [1.29, 1.82) is 0 Å². The van der Waals surface area contributed by atoms with Crippen molar-refractivity contribution in [1.82, 2.24) is 15.3 Å². The van der Waals surface area contributed by atoms with E-state index >= 15 is 0 Å². The second kappa shape index (κ2) is 12.5. The van der Waals surface area contributed by atoms with Crippen LogP contribution < -0.4 is 15.0 Å². The maximum absolute atomic E-state index is 14.1. The normalized spacial score (nSPS) is 19.7. The van der Waals surface area contributed by atoms with Gasteiger partial charge < -0.3 is 19.7 Å². The first-order valence-corrected chi connectivity index (χ1v) is 12.0. The maximum atomic E-state index is 14.1. The van der Waals surface area contributed by atoms with Crippen molar-refractivity contribution in [2.75, 3.05) is 37.7 Å². The summed E-state index contributed by atoms with van der Waals surface area (Å²) in [4.78, 5) is 36.2. The van der Waals surface area contributed by atoms with Crippen LogP contribution in [-0.4, -0.2) is 85.5 Å². The van der Waals surface area contributed by atoms with Crippen LogP contribution in [0.1, 0.15) is 24.8 Å². The van der Waals surface area contributed by atoms with E-state index < -0.39 is 71.9 Å². The Balaban J connectivity index is 2.17. The number of halogens is 12. The lowest BCUT2D eigenvalue weighted by Gasteiger charge is -2.39. The van der Waals surface area contributed by atoms with Gasteiger partial charge in [-0.1, -0.05) is 0 Å². The van der Waals surface area contributed by atoms with E-state index in [0.717, 1.165) is 0 Å². The molecule has 22 heteroatoms. The van der Waals surface area contributed by atoms with Crippen molar-refractivity contribution in [3.05, 3.63) is 11.8 Å². The zero-order valence-electron chi connectivity index (χ0n) is 21.2. The largest absolute Gasteiger partial charge is 0.494 e. The lowest BCUT2D eigenvalue weighted by molar-refractivity contribution is -0.478. The minimum Gasteiger partial charge on any atom is -0.400 e. The van der Waals surface area contributed by atoms with Gasteiger partial charge in [0, 0.05) is 45.1 Å². The standard InChI is InChI=1S/C21H20F12N4O6/c22-18(23,24)14(38)41-13-12(17(20(28,29)30,21(31,32)33)43-42-15(39)19(25,26)27)9-35-16(36-13)37-4-3-34-8-11(37)7-10-1-5-40-6-2-10/h9-11,34H,1-8H2/t11-/m0/s1. The molecule has 2 aliphatic rings. The highest BCUT2D eigenvalue weighted by atomic mass is 19.4. The molecule has 3 heterocycles. The van der Waals surface area contributed by atoms with Gasteiger partial charge in [0.25, 0.3) is 0 Å². The third-order valence-corrected chi connectivity index (χ3v) is 6.37. The number of alkyl halides is 12. The van der Waals surface area contributed by atoms with Gasteiger partial charge in [-0.15, -0.1) is 0 Å². The molecule has 0 unspecified atom stereocenters. The average molecular weight is 652 g/mol. The molecule has 0 spiro atoms. The molecule has 1 atom stereocenters. The molecule has 1 N–H and O–H groups in total. The van der Waals surface area contributed by atoms with Crippen molar-refractivity contribution in [2.24, 2.45) is 5.92 Å². The molecule has 43 heavy (non-hydrogen) atoms. The smallest absolute Gasteiger partial charge is 0.400 e. The third-order valence-electron chi connectivity index (χ3n) is 6.37. The topological polar surface area (TPSA) is 112 Å². The van der Waals surface area contributed by atoms with Gasteiger partial charge >= 0.3 is 42.2 Å². The Morgan fingerprint density at radius 1 is 0.930 bits per heavy atom. The molecule has 1 aromatic rings. The summed E-state index contributed by atoms with van der Waals surface area (Å²) in [6, 6.07) is -0.604. The third kappa shape index (κ3) is 7.69. The number of carbonyl (C=O) groups excluding carboxylic acids is 2. The minimum atomic E-state index is -6.93. The van der Waals surface area contributed by atoms with Gasteiger partial charge in [-0.25, -0.2) is 14.6 Å². The second-order valence-corrected chi connectivity index (χ2v) is 9.25. The molecular formula is C21H20F12N4O6. The van der Waals surface area contributed by atoms with Gasteiger partial charge in [-0.2, -0.15) is 62.6 Å². The van der Waals surface area contributed by atoms with E-state index in [1.807, 2.05) is 0 Å². The van der Waals surface area contributed by atoms with E-state index in [2.05, 4.69) is 29.8 Å². The summed E-state index contributed by atoms with van der Waals surface area (Å²) < 4.78 is 170. The number of carbonyl (C=O) groups is 2. The molecule has 3 rings (SSSR count). The molecule has 0 aromatic carbocycles. The van der Waals surface area contributed by atoms with E-state index in [0.29, 0.717) is 32.5 Å². The minimum absolute atomic E-state index is 0.0303. The van der Waals surface area contributed by atoms with Crippen LogP contribution in [0.4, 0.5) is 58.6 Å². The Kier molecular flexibility index (Phi) is 9.95. The van der Waals surface area contributed by atoms with Crippen LogP contribution in [0.15, 0.2) is 6.20 Å². The lowest BCUT2D eigenvalue weighted by Crippen LogP contribution is -2.57. The molecule has 1 aromatic heterocycles. The van der Waals surface area contributed by atoms with Crippen molar-refractivity contribution in [3.8, 4) is 5.88 Å². The predicted molar refractivity (Wildman–Crippen MR) is 113 cm³/mol. The molecule has 10 nitrogen and oxygen atoms in total. The number of hydrogen-bond donors (Lipinski definition) is 1. The summed E-state index contributed by atoms with van der Waals surface area (Å²) in [6.45, 7) is 1.07. The molecule has 2 fully saturated rings. The number of rotatable bonds is 7. The Labute approximate surface area is 232 Å². The van der Waals surface area contributed by atoms with Gasteiger partial charge in [0.05, 0.1) is 5.56 Å². The van der Waals surface area contributed by atoms with E-state index in [-0.39, 0.29) is 25.6 Å². The fraction of sp³-hybridized carbons (Fsp3) is 0.714. The summed E-state index contributed by atoms with van der Waals surface area (Å²) in [5, 5.41) is 2.99. The predicted octanol–water partition coefficient (Wildman–Crippen LogP) is 3.90. The SMILES string of the molecule is O=C(OOC(c1cnc(N2CCNC[C@@H]2CC2CCOCC2)nc1OC(=O)C(F)(F)F)(C(F)(F)F)C(F)(F)F)C(F)(F)F. The summed E-state index contributed by atoms with van der Waals surface area (Å²) in [6.07, 6.45) is -24.9. The lowest BCUT2D eigenvalue weighted by atomic mass is 9.91. The zero-order chi connectivity index (χ0) is 32.4. The van der Waals surface area contributed by atoms with Gasteiger partial charge in [-0.05, 0) is 25.2 Å². The number of piperazine rings is 1. The van der Waals surface area contributed by atoms with E-state index in [4.69, 9.17) is 4.74 Å². The molecule has 0 radical (unpaired) electrons. The van der Waals surface area contributed by atoms with Crippen LogP contribution in [0.25, 0.3) is 0 Å². The van der Waals surface area contributed by atoms with Crippen LogP contribution in [0.3, 0.4) is 0 Å². The summed E-state index contributed by atoms with van der Waals surface area (Å²) in [7, 11) is 0. The molecular weight excluding hydrogens is 632 g/mol. The summed E-state index contributed by atoms with van der Waals surface area (Å²) in [5.74, 6) is -10.1. The molecule has 0 aliphatic carbocycles. The van der Waals surface area contributed by atoms with E-state index in [1.54, 1.807) is 0 Å². The summed E-state index contributed by atoms with van der Waals surface area (Å²) >= 11 is 0. The highest BCUT2D eigenvalue weighted by Gasteiger charge is 2.77. The van der Waals surface area contributed by atoms with Crippen molar-refractivity contribution < 1.29 is 81.5 Å². The van der Waals surface area contributed by atoms with Crippen LogP contribution in [-0.2, 0) is 29.7 Å². The number of anilines is 1. The monoisotopic (exact) mass is 652 g/mol. The fourth-order valence-electron chi connectivity index (χ4n) is 4.32. The average Bonchev–Trinajstić information content (AvgIpc) is 2.87. The highest BCUT2D eigenvalue weighted by Crippen LogP contribution is 2.55. The number of aromatic nitrogens is 2. The first kappa shape index (κ1) is 34.4. The zero-order valence-corrected chi connectivity index (χ0v) is 21.2.